The molecule has 0 spiro atoms. The van der Waals surface area contributed by atoms with Gasteiger partial charge in [0.25, 0.3) is 5.56 Å². The summed E-state index contributed by atoms with van der Waals surface area (Å²) in [6, 6.07) is 6.27. The van der Waals surface area contributed by atoms with Crippen LogP contribution >= 0.6 is 15.9 Å². The minimum absolute atomic E-state index is 0.132. The first-order valence-electron chi connectivity index (χ1n) is 12.5. The fraction of sp³-hybridized carbons (Fsp3) is 0.615. The monoisotopic (exact) mass is 518 g/mol. The molecule has 1 aliphatic heterocycles. The third kappa shape index (κ3) is 7.66. The fourth-order valence-electron chi connectivity index (χ4n) is 4.28. The molecule has 1 saturated heterocycles. The van der Waals surface area contributed by atoms with Gasteiger partial charge in [0.15, 0.2) is 0 Å². The van der Waals surface area contributed by atoms with E-state index >= 15 is 0 Å². The maximum absolute atomic E-state index is 12.7. The number of aryl methyl sites for hydroxylation is 1. The van der Waals surface area contributed by atoms with Crippen molar-refractivity contribution in [3.8, 4) is 17.1 Å². The zero-order valence-electron chi connectivity index (χ0n) is 20.5. The van der Waals surface area contributed by atoms with Crippen LogP contribution in [0.2, 0.25) is 0 Å². The molecule has 2 aromatic rings. The molecule has 3 rings (SSSR count). The number of likely N-dealkylation sites (N-methyl/N-ethyl adjacent to an activating group) is 1. The Morgan fingerprint density at radius 2 is 1.79 bits per heavy atom. The van der Waals surface area contributed by atoms with Gasteiger partial charge < -0.3 is 14.6 Å². The standard InChI is InChI=1S/C26H39BrN4O2/c1-4-6-7-8-9-10-11-22-24(27)26(32)29-25(28-22)21-18-20(12-13-23(21)33-5-2)19-31-16-14-30(3)15-17-31/h12-13,18H,4-11,14-17,19H2,1-3H3,(H,28,29,32). The highest BCUT2D eigenvalue weighted by Crippen LogP contribution is 2.30. The molecule has 1 aromatic heterocycles. The van der Waals surface area contributed by atoms with Crippen molar-refractivity contribution in [2.24, 2.45) is 0 Å². The Hall–Kier alpha value is -1.70. The molecule has 1 aromatic carbocycles. The normalized spacial score (nSPS) is 15.2. The van der Waals surface area contributed by atoms with Crippen molar-refractivity contribution in [1.29, 1.82) is 0 Å². The molecular weight excluding hydrogens is 480 g/mol. The van der Waals surface area contributed by atoms with Crippen LogP contribution in [0.1, 0.15) is 63.6 Å². The lowest BCUT2D eigenvalue weighted by molar-refractivity contribution is 0.148. The Balaban J connectivity index is 1.80. The third-order valence-corrected chi connectivity index (χ3v) is 7.12. The number of unbranched alkanes of at least 4 members (excludes halogenated alkanes) is 5. The van der Waals surface area contributed by atoms with Crippen molar-refractivity contribution >= 4 is 15.9 Å². The topological polar surface area (TPSA) is 61.5 Å². The van der Waals surface area contributed by atoms with Crippen molar-refractivity contribution in [3.05, 3.63) is 44.3 Å². The molecule has 6 nitrogen and oxygen atoms in total. The second-order valence-corrected chi connectivity index (χ2v) is 9.83. The van der Waals surface area contributed by atoms with Gasteiger partial charge in [-0.1, -0.05) is 45.1 Å². The summed E-state index contributed by atoms with van der Waals surface area (Å²) in [5, 5.41) is 0. The van der Waals surface area contributed by atoms with Crippen molar-refractivity contribution in [1.82, 2.24) is 19.8 Å². The van der Waals surface area contributed by atoms with Crippen LogP contribution in [0.4, 0.5) is 0 Å². The molecule has 1 N–H and O–H groups in total. The maximum atomic E-state index is 12.7. The number of piperazine rings is 1. The van der Waals surface area contributed by atoms with E-state index in [1.165, 1.54) is 37.7 Å². The van der Waals surface area contributed by atoms with E-state index in [2.05, 4.69) is 56.8 Å². The van der Waals surface area contributed by atoms with E-state index in [9.17, 15) is 4.79 Å². The lowest BCUT2D eigenvalue weighted by Gasteiger charge is -2.32. The highest BCUT2D eigenvalue weighted by Gasteiger charge is 2.17. The number of hydrogen-bond donors (Lipinski definition) is 1. The molecule has 0 atom stereocenters. The number of benzene rings is 1. The fourth-order valence-corrected chi connectivity index (χ4v) is 4.66. The van der Waals surface area contributed by atoms with Gasteiger partial charge in [-0.15, -0.1) is 0 Å². The third-order valence-electron chi connectivity index (χ3n) is 6.30. The van der Waals surface area contributed by atoms with Gasteiger partial charge in [0, 0.05) is 32.7 Å². The molecule has 33 heavy (non-hydrogen) atoms. The molecule has 0 aliphatic carbocycles. The van der Waals surface area contributed by atoms with Crippen LogP contribution in [0.25, 0.3) is 11.4 Å². The number of ether oxygens (including phenoxy) is 1. The van der Waals surface area contributed by atoms with E-state index in [-0.39, 0.29) is 5.56 Å². The maximum Gasteiger partial charge on any atom is 0.265 e. The van der Waals surface area contributed by atoms with E-state index in [0.717, 1.165) is 62.6 Å². The highest BCUT2D eigenvalue weighted by atomic mass is 79.9. The lowest BCUT2D eigenvalue weighted by atomic mass is 10.1. The van der Waals surface area contributed by atoms with E-state index in [0.29, 0.717) is 16.9 Å². The predicted molar refractivity (Wildman–Crippen MR) is 139 cm³/mol. The van der Waals surface area contributed by atoms with Crippen LogP contribution in [-0.2, 0) is 13.0 Å². The molecule has 0 unspecified atom stereocenters. The largest absolute Gasteiger partial charge is 0.493 e. The Labute approximate surface area is 206 Å². The SMILES string of the molecule is CCCCCCCCc1nc(-c2cc(CN3CCN(C)CC3)ccc2OCC)[nH]c(=O)c1Br. The zero-order chi connectivity index (χ0) is 23.6. The molecule has 1 fully saturated rings. The van der Waals surface area contributed by atoms with Gasteiger partial charge in [0.1, 0.15) is 16.0 Å². The van der Waals surface area contributed by atoms with Crippen LogP contribution in [-0.4, -0.2) is 59.6 Å². The first-order chi connectivity index (χ1) is 16.0. The molecule has 0 saturated carbocycles. The molecule has 7 heteroatoms. The Kier molecular flexibility index (Phi) is 10.4. The second-order valence-electron chi connectivity index (χ2n) is 9.04. The van der Waals surface area contributed by atoms with Gasteiger partial charge in [0.05, 0.1) is 17.9 Å². The van der Waals surface area contributed by atoms with Crippen LogP contribution in [0.3, 0.4) is 0 Å². The number of aromatic nitrogens is 2. The minimum atomic E-state index is -0.132. The van der Waals surface area contributed by atoms with Crippen molar-refractivity contribution in [3.63, 3.8) is 0 Å². The summed E-state index contributed by atoms with van der Waals surface area (Å²) >= 11 is 3.47. The molecule has 1 aliphatic rings. The number of aromatic amines is 1. The van der Waals surface area contributed by atoms with E-state index in [1.54, 1.807) is 0 Å². The van der Waals surface area contributed by atoms with Crippen molar-refractivity contribution in [2.45, 2.75) is 65.3 Å². The summed E-state index contributed by atoms with van der Waals surface area (Å²) in [5.41, 5.74) is 2.77. The quantitative estimate of drug-likeness (QED) is 0.389. The smallest absolute Gasteiger partial charge is 0.265 e. The Morgan fingerprint density at radius 1 is 1.06 bits per heavy atom. The Bertz CT molecular complexity index is 938. The lowest BCUT2D eigenvalue weighted by Crippen LogP contribution is -2.43. The van der Waals surface area contributed by atoms with Crippen molar-refractivity contribution in [2.75, 3.05) is 39.8 Å². The number of nitrogens with one attached hydrogen (secondary N) is 1. The first kappa shape index (κ1) is 25.9. The summed E-state index contributed by atoms with van der Waals surface area (Å²) in [5.74, 6) is 1.35. The van der Waals surface area contributed by atoms with Gasteiger partial charge in [-0.2, -0.15) is 0 Å². The van der Waals surface area contributed by atoms with Gasteiger partial charge in [0.2, 0.25) is 0 Å². The average Bonchev–Trinajstić information content (AvgIpc) is 2.81. The van der Waals surface area contributed by atoms with Crippen LogP contribution in [0, 0.1) is 0 Å². The van der Waals surface area contributed by atoms with Gasteiger partial charge in [-0.3, -0.25) is 9.69 Å². The molecule has 182 valence electrons. The van der Waals surface area contributed by atoms with Crippen LogP contribution < -0.4 is 10.3 Å². The average molecular weight is 520 g/mol. The molecular formula is C26H39BrN4O2. The summed E-state index contributed by atoms with van der Waals surface area (Å²) in [6.45, 7) is 9.97. The first-order valence-corrected chi connectivity index (χ1v) is 13.3. The number of H-pyrrole nitrogens is 1. The van der Waals surface area contributed by atoms with Crippen LogP contribution in [0.5, 0.6) is 5.75 Å². The van der Waals surface area contributed by atoms with E-state index < -0.39 is 0 Å². The summed E-state index contributed by atoms with van der Waals surface area (Å²) in [7, 11) is 2.17. The molecule has 0 radical (unpaired) electrons. The van der Waals surface area contributed by atoms with E-state index in [4.69, 9.17) is 9.72 Å². The minimum Gasteiger partial charge on any atom is -0.493 e. The number of hydrogen-bond acceptors (Lipinski definition) is 5. The summed E-state index contributed by atoms with van der Waals surface area (Å²) < 4.78 is 6.45. The predicted octanol–water partition coefficient (Wildman–Crippen LogP) is 5.25. The van der Waals surface area contributed by atoms with Crippen LogP contribution in [0.15, 0.2) is 27.5 Å². The number of halogens is 1. The van der Waals surface area contributed by atoms with Crippen molar-refractivity contribution < 1.29 is 4.74 Å². The van der Waals surface area contributed by atoms with Gasteiger partial charge >= 0.3 is 0 Å². The number of rotatable bonds is 12. The summed E-state index contributed by atoms with van der Waals surface area (Å²) in [6.07, 6.45) is 8.08. The van der Waals surface area contributed by atoms with E-state index in [1.807, 2.05) is 13.0 Å². The Morgan fingerprint density at radius 3 is 2.52 bits per heavy atom. The second kappa shape index (κ2) is 13.3. The van der Waals surface area contributed by atoms with Gasteiger partial charge in [-0.25, -0.2) is 4.98 Å². The molecule has 0 bridgehead atoms. The summed E-state index contributed by atoms with van der Waals surface area (Å²) in [4.78, 5) is 25.4. The number of nitrogens with zero attached hydrogens (tertiary/aromatic N) is 3. The molecule has 2 heterocycles. The van der Waals surface area contributed by atoms with Gasteiger partial charge in [-0.05, 0) is 60.4 Å². The molecule has 0 amide bonds. The zero-order valence-corrected chi connectivity index (χ0v) is 22.0. The highest BCUT2D eigenvalue weighted by molar-refractivity contribution is 9.10.